The lowest BCUT2D eigenvalue weighted by atomic mass is 9.98. The third-order valence-corrected chi connectivity index (χ3v) is 6.37. The maximum Gasteiger partial charge on any atom is 0.407 e. The number of hydrogen-bond donors (Lipinski definition) is 2. The SMILES string of the molecule is O=C(NC1(CO)CCSC1)OCC1c2ccccc2-c2ccccc21. The van der Waals surface area contributed by atoms with Crippen molar-refractivity contribution in [3.8, 4) is 11.1 Å². The maximum absolute atomic E-state index is 12.3. The Bertz CT molecular complexity index is 741. The summed E-state index contributed by atoms with van der Waals surface area (Å²) in [7, 11) is 0. The van der Waals surface area contributed by atoms with E-state index in [1.54, 1.807) is 11.8 Å². The lowest BCUT2D eigenvalue weighted by Gasteiger charge is -2.27. The molecule has 1 aliphatic carbocycles. The summed E-state index contributed by atoms with van der Waals surface area (Å²) >= 11 is 1.74. The van der Waals surface area contributed by atoms with E-state index < -0.39 is 11.6 Å². The number of amides is 1. The Kier molecular flexibility index (Phi) is 4.44. The van der Waals surface area contributed by atoms with Gasteiger partial charge in [0.2, 0.25) is 0 Å². The minimum absolute atomic E-state index is 0.0514. The molecule has 1 saturated heterocycles. The fourth-order valence-corrected chi connectivity index (χ4v) is 5.10. The first-order valence-electron chi connectivity index (χ1n) is 8.54. The predicted molar refractivity (Wildman–Crippen MR) is 100.0 cm³/mol. The number of aliphatic hydroxyl groups is 1. The highest BCUT2D eigenvalue weighted by Crippen LogP contribution is 2.44. The lowest BCUT2D eigenvalue weighted by Crippen LogP contribution is -2.51. The van der Waals surface area contributed by atoms with E-state index in [1.807, 2.05) is 24.3 Å². The first-order valence-corrected chi connectivity index (χ1v) is 9.70. The van der Waals surface area contributed by atoms with Gasteiger partial charge in [-0.2, -0.15) is 11.8 Å². The number of benzene rings is 2. The standard InChI is InChI=1S/C20H21NO3S/c22-12-20(9-10-25-13-20)21-19(23)24-11-18-16-7-3-1-5-14(16)15-6-2-4-8-17(15)18/h1-8,18,22H,9-13H2,(H,21,23). The Morgan fingerprint density at radius 1 is 1.16 bits per heavy atom. The molecule has 130 valence electrons. The second-order valence-electron chi connectivity index (χ2n) is 6.69. The Labute approximate surface area is 151 Å². The van der Waals surface area contributed by atoms with Crippen molar-refractivity contribution in [3.05, 3.63) is 59.7 Å². The number of alkyl carbamates (subject to hydrolysis) is 1. The molecule has 0 radical (unpaired) electrons. The number of thioether (sulfide) groups is 1. The van der Waals surface area contributed by atoms with Crippen LogP contribution in [0.1, 0.15) is 23.5 Å². The number of hydrogen-bond acceptors (Lipinski definition) is 4. The topological polar surface area (TPSA) is 58.6 Å². The minimum atomic E-state index is -0.534. The van der Waals surface area contributed by atoms with Gasteiger partial charge in [-0.3, -0.25) is 0 Å². The van der Waals surface area contributed by atoms with Gasteiger partial charge in [0.1, 0.15) is 6.61 Å². The summed E-state index contributed by atoms with van der Waals surface area (Å²) in [5.41, 5.74) is 4.29. The van der Waals surface area contributed by atoms with Crippen LogP contribution in [0.15, 0.2) is 48.5 Å². The van der Waals surface area contributed by atoms with E-state index in [4.69, 9.17) is 4.74 Å². The van der Waals surface area contributed by atoms with Gasteiger partial charge in [0, 0.05) is 11.7 Å². The van der Waals surface area contributed by atoms with Crippen LogP contribution in [0.25, 0.3) is 11.1 Å². The van der Waals surface area contributed by atoms with Gasteiger partial charge in [-0.25, -0.2) is 4.79 Å². The van der Waals surface area contributed by atoms with E-state index in [-0.39, 0.29) is 12.5 Å². The molecule has 1 unspecified atom stereocenters. The van der Waals surface area contributed by atoms with Crippen molar-refractivity contribution in [1.82, 2.24) is 5.32 Å². The molecule has 2 N–H and O–H groups in total. The predicted octanol–water partition coefficient (Wildman–Crippen LogP) is 3.39. The molecule has 0 saturated carbocycles. The highest BCUT2D eigenvalue weighted by atomic mass is 32.2. The first-order chi connectivity index (χ1) is 12.2. The molecule has 5 heteroatoms. The maximum atomic E-state index is 12.3. The second-order valence-corrected chi connectivity index (χ2v) is 7.80. The zero-order valence-corrected chi connectivity index (χ0v) is 14.7. The molecule has 4 nitrogen and oxygen atoms in total. The molecule has 25 heavy (non-hydrogen) atoms. The normalized spacial score (nSPS) is 21.6. The number of fused-ring (bicyclic) bond motifs is 3. The molecular formula is C20H21NO3S. The molecule has 2 aliphatic rings. The Morgan fingerprint density at radius 3 is 2.36 bits per heavy atom. The smallest absolute Gasteiger partial charge is 0.407 e. The molecule has 1 heterocycles. The molecule has 0 spiro atoms. The fourth-order valence-electron chi connectivity index (χ4n) is 3.72. The summed E-state index contributed by atoms with van der Waals surface area (Å²) in [4.78, 5) is 12.3. The second kappa shape index (κ2) is 6.73. The van der Waals surface area contributed by atoms with Crippen LogP contribution >= 0.6 is 11.8 Å². The van der Waals surface area contributed by atoms with Crippen molar-refractivity contribution in [1.29, 1.82) is 0 Å². The number of nitrogens with one attached hydrogen (secondary N) is 1. The minimum Gasteiger partial charge on any atom is -0.449 e. The van der Waals surface area contributed by atoms with Gasteiger partial charge >= 0.3 is 6.09 Å². The monoisotopic (exact) mass is 355 g/mol. The molecule has 0 aromatic heterocycles. The summed E-state index contributed by atoms with van der Waals surface area (Å²) in [5.74, 6) is 1.74. The van der Waals surface area contributed by atoms with Crippen LogP contribution in [-0.2, 0) is 4.74 Å². The third kappa shape index (κ3) is 3.02. The van der Waals surface area contributed by atoms with Crippen LogP contribution in [0, 0.1) is 0 Å². The molecule has 1 atom stereocenters. The average Bonchev–Trinajstić information content (AvgIpc) is 3.23. The zero-order valence-electron chi connectivity index (χ0n) is 13.9. The van der Waals surface area contributed by atoms with E-state index in [0.717, 1.165) is 17.9 Å². The number of carbonyl (C=O) groups excluding carboxylic acids is 1. The number of aliphatic hydroxyl groups excluding tert-OH is 1. The average molecular weight is 355 g/mol. The molecule has 2 aromatic rings. The van der Waals surface area contributed by atoms with E-state index >= 15 is 0 Å². The van der Waals surface area contributed by atoms with E-state index in [9.17, 15) is 9.90 Å². The number of rotatable bonds is 4. The molecule has 1 fully saturated rings. The van der Waals surface area contributed by atoms with Gasteiger partial charge in [-0.05, 0) is 34.4 Å². The van der Waals surface area contributed by atoms with Crippen molar-refractivity contribution in [2.45, 2.75) is 17.9 Å². The zero-order chi connectivity index (χ0) is 17.3. The molecule has 2 aromatic carbocycles. The largest absolute Gasteiger partial charge is 0.449 e. The van der Waals surface area contributed by atoms with Crippen molar-refractivity contribution < 1.29 is 14.6 Å². The van der Waals surface area contributed by atoms with Gasteiger partial charge in [-0.1, -0.05) is 48.5 Å². The lowest BCUT2D eigenvalue weighted by molar-refractivity contribution is 0.116. The van der Waals surface area contributed by atoms with Crippen molar-refractivity contribution in [3.63, 3.8) is 0 Å². The Balaban J connectivity index is 1.49. The van der Waals surface area contributed by atoms with Crippen LogP contribution in [0.5, 0.6) is 0 Å². The molecule has 4 rings (SSSR count). The summed E-state index contributed by atoms with van der Waals surface area (Å²) in [5, 5.41) is 12.5. The van der Waals surface area contributed by atoms with Crippen LogP contribution in [0.3, 0.4) is 0 Å². The first kappa shape index (κ1) is 16.5. The summed E-state index contributed by atoms with van der Waals surface area (Å²) in [6.45, 7) is 0.249. The van der Waals surface area contributed by atoms with E-state index in [2.05, 4.69) is 29.6 Å². The molecule has 1 amide bonds. The van der Waals surface area contributed by atoms with Crippen molar-refractivity contribution >= 4 is 17.9 Å². The van der Waals surface area contributed by atoms with Gasteiger partial charge in [0.25, 0.3) is 0 Å². The van der Waals surface area contributed by atoms with Gasteiger partial charge in [0.15, 0.2) is 0 Å². The third-order valence-electron chi connectivity index (χ3n) is 5.12. The molecule has 0 bridgehead atoms. The van der Waals surface area contributed by atoms with Crippen LogP contribution in [-0.4, -0.2) is 41.5 Å². The fraction of sp³-hybridized carbons (Fsp3) is 0.350. The van der Waals surface area contributed by atoms with Crippen molar-refractivity contribution in [2.75, 3.05) is 24.7 Å². The highest BCUT2D eigenvalue weighted by molar-refractivity contribution is 7.99. The summed E-state index contributed by atoms with van der Waals surface area (Å²) in [6.07, 6.45) is 0.330. The number of ether oxygens (including phenoxy) is 1. The number of carbonyl (C=O) groups is 1. The van der Waals surface area contributed by atoms with Crippen molar-refractivity contribution in [2.24, 2.45) is 0 Å². The van der Waals surface area contributed by atoms with Gasteiger partial charge < -0.3 is 15.2 Å². The van der Waals surface area contributed by atoms with E-state index in [1.165, 1.54) is 22.3 Å². The molecule has 1 aliphatic heterocycles. The van der Waals surface area contributed by atoms with Crippen LogP contribution < -0.4 is 5.32 Å². The quantitative estimate of drug-likeness (QED) is 0.883. The Morgan fingerprint density at radius 2 is 1.80 bits per heavy atom. The molecular weight excluding hydrogens is 334 g/mol. The van der Waals surface area contributed by atoms with Gasteiger partial charge in [0.05, 0.1) is 12.1 Å². The Hall–Kier alpha value is -1.98. The van der Waals surface area contributed by atoms with Gasteiger partial charge in [-0.15, -0.1) is 0 Å². The van der Waals surface area contributed by atoms with Crippen LogP contribution in [0.2, 0.25) is 0 Å². The highest BCUT2D eigenvalue weighted by Gasteiger charge is 2.36. The summed E-state index contributed by atoms with van der Waals surface area (Å²) in [6, 6.07) is 16.6. The summed E-state index contributed by atoms with van der Waals surface area (Å²) < 4.78 is 5.56. The van der Waals surface area contributed by atoms with E-state index in [0.29, 0.717) is 6.61 Å². The van der Waals surface area contributed by atoms with Crippen LogP contribution in [0.4, 0.5) is 4.79 Å².